The number of hydrogen-bond acceptors (Lipinski definition) is 3. The fourth-order valence-electron chi connectivity index (χ4n) is 3.23. The normalized spacial score (nSPS) is 15.2. The molecule has 0 saturated heterocycles. The fourth-order valence-corrected chi connectivity index (χ4v) is 3.23. The van der Waals surface area contributed by atoms with Crippen LogP contribution in [0.25, 0.3) is 0 Å². The van der Waals surface area contributed by atoms with Crippen LogP contribution in [0.4, 0.5) is 11.5 Å². The highest BCUT2D eigenvalue weighted by Crippen LogP contribution is 2.25. The highest BCUT2D eigenvalue weighted by molar-refractivity contribution is 5.91. The van der Waals surface area contributed by atoms with E-state index >= 15 is 0 Å². The molecule has 0 aliphatic heterocycles. The van der Waals surface area contributed by atoms with Crippen molar-refractivity contribution in [1.29, 1.82) is 0 Å². The summed E-state index contributed by atoms with van der Waals surface area (Å²) in [4.78, 5) is 14.5. The van der Waals surface area contributed by atoms with Gasteiger partial charge in [-0.05, 0) is 30.5 Å². The Morgan fingerprint density at radius 3 is 2.54 bits per heavy atom. The molecule has 1 aliphatic rings. The zero-order valence-electron chi connectivity index (χ0n) is 14.5. The van der Waals surface area contributed by atoms with Crippen LogP contribution < -0.4 is 10.2 Å². The van der Waals surface area contributed by atoms with Gasteiger partial charge in [0.25, 0.3) is 0 Å². The number of carbonyl (C=O) groups is 1. The topological polar surface area (TPSA) is 50.2 Å². The van der Waals surface area contributed by atoms with Crippen molar-refractivity contribution >= 4 is 17.4 Å². The number of rotatable bonds is 5. The van der Waals surface area contributed by atoms with Crippen molar-refractivity contribution in [2.75, 3.05) is 24.3 Å². The summed E-state index contributed by atoms with van der Waals surface area (Å²) in [5.74, 6) is 1.07. The Morgan fingerprint density at radius 2 is 1.88 bits per heavy atom. The monoisotopic (exact) mass is 326 g/mol. The van der Waals surface area contributed by atoms with E-state index in [1.807, 2.05) is 24.8 Å². The van der Waals surface area contributed by atoms with E-state index in [9.17, 15) is 4.79 Å². The van der Waals surface area contributed by atoms with Crippen LogP contribution in [-0.2, 0) is 11.3 Å². The lowest BCUT2D eigenvalue weighted by Gasteiger charge is -2.21. The predicted octanol–water partition coefficient (Wildman–Crippen LogP) is 3.52. The van der Waals surface area contributed by atoms with E-state index in [-0.39, 0.29) is 11.8 Å². The Balaban J connectivity index is 1.65. The van der Waals surface area contributed by atoms with Gasteiger partial charge in [0.1, 0.15) is 5.82 Å². The van der Waals surface area contributed by atoms with Gasteiger partial charge in [-0.25, -0.2) is 4.68 Å². The summed E-state index contributed by atoms with van der Waals surface area (Å²) in [5, 5.41) is 7.42. The number of amides is 1. The van der Waals surface area contributed by atoms with Crippen LogP contribution in [0.5, 0.6) is 0 Å². The Kier molecular flexibility index (Phi) is 5.18. The van der Waals surface area contributed by atoms with Gasteiger partial charge in [-0.1, -0.05) is 31.4 Å². The molecule has 1 N–H and O–H groups in total. The predicted molar refractivity (Wildman–Crippen MR) is 97.3 cm³/mol. The van der Waals surface area contributed by atoms with Crippen LogP contribution in [0.1, 0.15) is 37.7 Å². The molecule has 24 heavy (non-hydrogen) atoms. The van der Waals surface area contributed by atoms with Gasteiger partial charge in [-0.3, -0.25) is 4.79 Å². The molecule has 0 radical (unpaired) electrons. The van der Waals surface area contributed by atoms with Gasteiger partial charge >= 0.3 is 0 Å². The third-order valence-electron chi connectivity index (χ3n) is 4.73. The molecule has 1 aromatic carbocycles. The summed E-state index contributed by atoms with van der Waals surface area (Å²) in [6, 6.07) is 10.3. The van der Waals surface area contributed by atoms with E-state index in [4.69, 9.17) is 0 Å². The maximum absolute atomic E-state index is 12.4. The smallest absolute Gasteiger partial charge is 0.228 e. The molecular weight excluding hydrogens is 300 g/mol. The second kappa shape index (κ2) is 7.51. The van der Waals surface area contributed by atoms with Crippen LogP contribution in [-0.4, -0.2) is 29.8 Å². The van der Waals surface area contributed by atoms with E-state index in [0.29, 0.717) is 6.54 Å². The number of carbonyl (C=O) groups excluding carboxylic acids is 1. The van der Waals surface area contributed by atoms with Gasteiger partial charge in [0, 0.05) is 31.8 Å². The molecule has 5 nitrogen and oxygen atoms in total. The van der Waals surface area contributed by atoms with Crippen molar-refractivity contribution in [3.63, 3.8) is 0 Å². The average molecular weight is 326 g/mol. The third kappa shape index (κ3) is 3.96. The van der Waals surface area contributed by atoms with Crippen molar-refractivity contribution in [2.24, 2.45) is 5.92 Å². The van der Waals surface area contributed by atoms with Crippen molar-refractivity contribution in [2.45, 2.75) is 38.6 Å². The van der Waals surface area contributed by atoms with Gasteiger partial charge in [0.15, 0.2) is 0 Å². The second-order valence-corrected chi connectivity index (χ2v) is 6.76. The van der Waals surface area contributed by atoms with Crippen LogP contribution >= 0.6 is 0 Å². The zero-order valence-corrected chi connectivity index (χ0v) is 14.5. The molecule has 0 bridgehead atoms. The molecule has 0 spiro atoms. The van der Waals surface area contributed by atoms with Crippen LogP contribution in [0, 0.1) is 5.92 Å². The van der Waals surface area contributed by atoms with Gasteiger partial charge < -0.3 is 10.2 Å². The van der Waals surface area contributed by atoms with Crippen molar-refractivity contribution in [3.8, 4) is 0 Å². The number of nitrogens with zero attached hydrogens (tertiary/aromatic N) is 3. The van der Waals surface area contributed by atoms with E-state index < -0.39 is 0 Å². The highest BCUT2D eigenvalue weighted by atomic mass is 16.2. The zero-order chi connectivity index (χ0) is 16.9. The Hall–Kier alpha value is -2.30. The Bertz CT molecular complexity index is 669. The van der Waals surface area contributed by atoms with Crippen LogP contribution in [0.2, 0.25) is 0 Å². The Labute approximate surface area is 143 Å². The minimum Gasteiger partial charge on any atom is -0.378 e. The van der Waals surface area contributed by atoms with E-state index in [0.717, 1.165) is 37.1 Å². The lowest BCUT2D eigenvalue weighted by molar-refractivity contribution is -0.120. The highest BCUT2D eigenvalue weighted by Gasteiger charge is 2.21. The lowest BCUT2D eigenvalue weighted by Crippen LogP contribution is -2.26. The minimum absolute atomic E-state index is 0.138. The molecule has 0 atom stereocenters. The summed E-state index contributed by atoms with van der Waals surface area (Å²) in [6.07, 6.45) is 7.33. The summed E-state index contributed by atoms with van der Waals surface area (Å²) in [5.41, 5.74) is 2.34. The van der Waals surface area contributed by atoms with E-state index in [2.05, 4.69) is 39.6 Å². The molecule has 5 heteroatoms. The molecular formula is C19H26N4O. The van der Waals surface area contributed by atoms with E-state index in [1.54, 1.807) is 6.20 Å². The number of nitrogens with one attached hydrogen (secondary N) is 1. The summed E-state index contributed by atoms with van der Waals surface area (Å²) in [7, 11) is 4.06. The molecule has 3 rings (SSSR count). The standard InChI is InChI=1S/C19H26N4O/c1-22(2)17-10-8-15(9-11-17)14-23-18(12-13-20-23)21-19(24)16-6-4-3-5-7-16/h8-13,16H,3-7,14H2,1-2H3,(H,21,24). The summed E-state index contributed by atoms with van der Waals surface area (Å²) in [6.45, 7) is 0.654. The quantitative estimate of drug-likeness (QED) is 0.914. The first-order chi connectivity index (χ1) is 11.6. The molecule has 1 aliphatic carbocycles. The van der Waals surface area contributed by atoms with E-state index in [1.165, 1.54) is 12.1 Å². The first-order valence-corrected chi connectivity index (χ1v) is 8.72. The van der Waals surface area contributed by atoms with Gasteiger partial charge in [0.2, 0.25) is 5.91 Å². The minimum atomic E-state index is 0.138. The van der Waals surface area contributed by atoms with Crippen molar-refractivity contribution < 1.29 is 4.79 Å². The molecule has 1 aromatic heterocycles. The molecule has 2 aromatic rings. The van der Waals surface area contributed by atoms with Crippen molar-refractivity contribution in [1.82, 2.24) is 9.78 Å². The molecule has 0 unspecified atom stereocenters. The maximum Gasteiger partial charge on any atom is 0.228 e. The van der Waals surface area contributed by atoms with Crippen LogP contribution in [0.15, 0.2) is 36.5 Å². The van der Waals surface area contributed by atoms with Crippen LogP contribution in [0.3, 0.4) is 0 Å². The first kappa shape index (κ1) is 16.6. The Morgan fingerprint density at radius 1 is 1.17 bits per heavy atom. The second-order valence-electron chi connectivity index (χ2n) is 6.76. The third-order valence-corrected chi connectivity index (χ3v) is 4.73. The molecule has 1 heterocycles. The van der Waals surface area contributed by atoms with Gasteiger partial charge in [-0.2, -0.15) is 5.10 Å². The van der Waals surface area contributed by atoms with Gasteiger partial charge in [0.05, 0.1) is 12.7 Å². The maximum atomic E-state index is 12.4. The number of aromatic nitrogens is 2. The summed E-state index contributed by atoms with van der Waals surface area (Å²) < 4.78 is 1.85. The van der Waals surface area contributed by atoms with Crippen molar-refractivity contribution in [3.05, 3.63) is 42.1 Å². The lowest BCUT2D eigenvalue weighted by atomic mass is 9.89. The fraction of sp³-hybridized carbons (Fsp3) is 0.474. The molecule has 128 valence electrons. The first-order valence-electron chi connectivity index (χ1n) is 8.72. The molecule has 1 amide bonds. The molecule has 1 fully saturated rings. The number of anilines is 2. The molecule has 1 saturated carbocycles. The number of hydrogen-bond donors (Lipinski definition) is 1. The average Bonchev–Trinajstić information content (AvgIpc) is 3.03. The summed E-state index contributed by atoms with van der Waals surface area (Å²) >= 11 is 0. The SMILES string of the molecule is CN(C)c1ccc(Cn2nccc2NC(=O)C2CCCCC2)cc1. The van der Waals surface area contributed by atoms with Gasteiger partial charge in [-0.15, -0.1) is 0 Å². The number of benzene rings is 1. The largest absolute Gasteiger partial charge is 0.378 e.